The summed E-state index contributed by atoms with van der Waals surface area (Å²) < 4.78 is 2.75. The molecule has 0 saturated heterocycles. The minimum absolute atomic E-state index is 0. The molecule has 4 rings (SSSR count). The number of hydrogen-bond acceptors (Lipinski definition) is 2. The molecule has 2 heterocycles. The first-order valence-corrected chi connectivity index (χ1v) is 7.54. The minimum atomic E-state index is 0. The molecule has 0 atom stereocenters. The maximum Gasteiger partial charge on any atom is 0.0342 e. The summed E-state index contributed by atoms with van der Waals surface area (Å²) in [4.78, 5) is 0. The van der Waals surface area contributed by atoms with Crippen LogP contribution in [0.25, 0.3) is 20.2 Å². The quantitative estimate of drug-likeness (QED) is 0.375. The molecule has 0 nitrogen and oxygen atoms in total. The van der Waals surface area contributed by atoms with Crippen LogP contribution < -0.4 is 0 Å². The average molecular weight is 288 g/mol. The van der Waals surface area contributed by atoms with Gasteiger partial charge in [0.1, 0.15) is 0 Å². The van der Waals surface area contributed by atoms with Gasteiger partial charge < -0.3 is 0 Å². The normalized spacial score (nSPS) is 9.68. The molecule has 0 radical (unpaired) electrons. The summed E-state index contributed by atoms with van der Waals surface area (Å²) in [6, 6.07) is 21.1. The molecule has 0 spiro atoms. The van der Waals surface area contributed by atoms with Gasteiger partial charge in [-0.25, -0.2) is 0 Å². The molecule has 0 unspecified atom stereocenters. The van der Waals surface area contributed by atoms with E-state index in [4.69, 9.17) is 0 Å². The van der Waals surface area contributed by atoms with E-state index in [9.17, 15) is 0 Å². The van der Waals surface area contributed by atoms with Gasteiger partial charge in [-0.05, 0) is 45.8 Å². The number of fused-ring (bicyclic) bond motifs is 2. The highest BCUT2D eigenvalue weighted by Gasteiger charge is 1.88. The summed E-state index contributed by atoms with van der Waals surface area (Å²) in [5.41, 5.74) is 0. The predicted octanol–water partition coefficient (Wildman–Crippen LogP) is 5.96. The highest BCUT2D eigenvalue weighted by Crippen LogP contribution is 2.19. The van der Waals surface area contributed by atoms with Gasteiger partial charge in [0.2, 0.25) is 0 Å². The van der Waals surface area contributed by atoms with Crippen molar-refractivity contribution < 1.29 is 4.70 Å². The number of benzene rings is 2. The summed E-state index contributed by atoms with van der Waals surface area (Å²) in [6.45, 7) is 0. The first-order chi connectivity index (χ1) is 8.93. The minimum Gasteiger partial charge on any atom is -0.269 e. The van der Waals surface area contributed by atoms with E-state index in [0.717, 1.165) is 0 Å². The van der Waals surface area contributed by atoms with Crippen LogP contribution in [0, 0.1) is 0 Å². The van der Waals surface area contributed by atoms with Crippen LogP contribution in [-0.4, -0.2) is 0 Å². The van der Waals surface area contributed by atoms with Crippen molar-refractivity contribution in [2.24, 2.45) is 0 Å². The van der Waals surface area contributed by atoms with E-state index >= 15 is 0 Å². The zero-order valence-corrected chi connectivity index (χ0v) is 11.8. The Labute approximate surface area is 119 Å². The van der Waals surface area contributed by atoms with E-state index in [-0.39, 0.29) is 4.70 Å². The number of rotatable bonds is 0. The third-order valence-electron chi connectivity index (χ3n) is 2.72. The van der Waals surface area contributed by atoms with E-state index < -0.39 is 0 Å². The van der Waals surface area contributed by atoms with Crippen LogP contribution in [0.1, 0.15) is 0 Å². The van der Waals surface area contributed by atoms with Gasteiger partial charge in [0.05, 0.1) is 0 Å². The topological polar surface area (TPSA) is 0 Å². The second kappa shape index (κ2) is 6.45. The molecular weight excluding hydrogens is 275 g/mol. The lowest BCUT2D eigenvalue weighted by atomic mass is 10.3. The number of hydrogen-bond donors (Lipinski definition) is 0. The monoisotopic (exact) mass is 288 g/mol. The van der Waals surface area contributed by atoms with E-state index in [2.05, 4.69) is 71.4 Å². The van der Waals surface area contributed by atoms with Crippen molar-refractivity contribution in [3.05, 3.63) is 71.4 Å². The van der Waals surface area contributed by atoms with E-state index in [1.165, 1.54) is 20.2 Å². The summed E-state index contributed by atoms with van der Waals surface area (Å²) in [5, 5.41) is 6.93. The Kier molecular flexibility index (Phi) is 4.66. The first kappa shape index (κ1) is 13.7. The van der Waals surface area contributed by atoms with Gasteiger partial charge in [0, 0.05) is 9.40 Å². The maximum absolute atomic E-state index is 2.14. The number of thiophene rings is 2. The molecule has 4 aromatic rings. The van der Waals surface area contributed by atoms with Gasteiger partial charge >= 0.3 is 0 Å². The third kappa shape index (κ3) is 3.19. The average Bonchev–Trinajstić information content (AvgIpc) is 3.08. The van der Waals surface area contributed by atoms with Crippen LogP contribution in [0.2, 0.25) is 0 Å². The van der Waals surface area contributed by atoms with Crippen LogP contribution >= 0.6 is 22.7 Å². The van der Waals surface area contributed by atoms with Crippen molar-refractivity contribution in [1.82, 2.24) is 0 Å². The van der Waals surface area contributed by atoms with Crippen molar-refractivity contribution in [1.29, 1.82) is 0 Å². The molecule has 2 aromatic carbocycles. The Hall–Kier alpha value is -1.71. The molecule has 0 N–H and O–H groups in total. The standard InChI is InChI=1S/2C8H6S.FH/c2*1-2-4-8-7(3-1)5-6-9-8;/h2*1-6H;1H. The van der Waals surface area contributed by atoms with Crippen LogP contribution in [0.4, 0.5) is 4.70 Å². The summed E-state index contributed by atoms with van der Waals surface area (Å²) in [5.74, 6) is 0. The molecule has 0 amide bonds. The van der Waals surface area contributed by atoms with Crippen LogP contribution in [-0.2, 0) is 0 Å². The van der Waals surface area contributed by atoms with E-state index in [1.807, 2.05) is 0 Å². The van der Waals surface area contributed by atoms with Crippen molar-refractivity contribution >= 4 is 42.8 Å². The van der Waals surface area contributed by atoms with Crippen molar-refractivity contribution in [2.75, 3.05) is 0 Å². The molecule has 0 bridgehead atoms. The maximum atomic E-state index is 2.14. The molecule has 0 aliphatic carbocycles. The van der Waals surface area contributed by atoms with Gasteiger partial charge in [0.25, 0.3) is 0 Å². The first-order valence-electron chi connectivity index (χ1n) is 5.78. The molecule has 0 saturated carbocycles. The summed E-state index contributed by atoms with van der Waals surface area (Å²) in [6.07, 6.45) is 0. The smallest absolute Gasteiger partial charge is 0.0342 e. The second-order valence-corrected chi connectivity index (χ2v) is 5.81. The largest absolute Gasteiger partial charge is 0.269 e. The lowest BCUT2D eigenvalue weighted by Gasteiger charge is -1.82. The lowest BCUT2D eigenvalue weighted by molar-refractivity contribution is 1.11. The molecule has 96 valence electrons. The van der Waals surface area contributed by atoms with Gasteiger partial charge in [-0.3, -0.25) is 4.70 Å². The predicted molar refractivity (Wildman–Crippen MR) is 86.2 cm³/mol. The lowest BCUT2D eigenvalue weighted by Crippen LogP contribution is -1.56. The SMILES string of the molecule is F.c1ccc2sccc2c1.c1ccc2sccc2c1. The van der Waals surface area contributed by atoms with Gasteiger partial charge in [-0.1, -0.05) is 36.4 Å². The molecule has 0 aliphatic rings. The van der Waals surface area contributed by atoms with Gasteiger partial charge in [0.15, 0.2) is 0 Å². The summed E-state index contributed by atoms with van der Waals surface area (Å²) in [7, 11) is 0. The molecule has 2 aromatic heterocycles. The summed E-state index contributed by atoms with van der Waals surface area (Å²) >= 11 is 3.57. The zero-order chi connectivity index (χ0) is 12.2. The van der Waals surface area contributed by atoms with Crippen LogP contribution in [0.3, 0.4) is 0 Å². The van der Waals surface area contributed by atoms with Crippen molar-refractivity contribution in [2.45, 2.75) is 0 Å². The Morgan fingerprint density at radius 3 is 1.37 bits per heavy atom. The van der Waals surface area contributed by atoms with E-state index in [0.29, 0.717) is 0 Å². The fourth-order valence-electron chi connectivity index (χ4n) is 1.81. The Morgan fingerprint density at radius 2 is 0.947 bits per heavy atom. The van der Waals surface area contributed by atoms with E-state index in [1.54, 1.807) is 22.7 Å². The zero-order valence-electron chi connectivity index (χ0n) is 10.2. The van der Waals surface area contributed by atoms with Gasteiger partial charge in [-0.2, -0.15) is 0 Å². The molecule has 0 aliphatic heterocycles. The van der Waals surface area contributed by atoms with Gasteiger partial charge in [-0.15, -0.1) is 22.7 Å². The third-order valence-corrected chi connectivity index (χ3v) is 4.52. The highest BCUT2D eigenvalue weighted by molar-refractivity contribution is 7.17. The van der Waals surface area contributed by atoms with Crippen LogP contribution in [0.5, 0.6) is 0 Å². The highest BCUT2D eigenvalue weighted by atomic mass is 32.1. The van der Waals surface area contributed by atoms with Crippen molar-refractivity contribution in [3.63, 3.8) is 0 Å². The number of halogens is 1. The Balaban J connectivity index is 0.000000133. The molecular formula is C16H13FS2. The molecule has 0 fully saturated rings. The fraction of sp³-hybridized carbons (Fsp3) is 0. The van der Waals surface area contributed by atoms with Crippen molar-refractivity contribution in [3.8, 4) is 0 Å². The fourth-order valence-corrected chi connectivity index (χ4v) is 3.39. The van der Waals surface area contributed by atoms with Crippen LogP contribution in [0.15, 0.2) is 71.4 Å². The Bertz CT molecular complexity index is 629. The molecule has 19 heavy (non-hydrogen) atoms. The second-order valence-electron chi connectivity index (χ2n) is 3.92. The molecule has 3 heteroatoms. The Morgan fingerprint density at radius 1 is 0.526 bits per heavy atom.